The molecule has 0 bridgehead atoms. The maximum atomic E-state index is 9.64. The van der Waals surface area contributed by atoms with Crippen LogP contribution in [0, 0.1) is 11.8 Å². The molecule has 0 spiro atoms. The van der Waals surface area contributed by atoms with Gasteiger partial charge in [-0.25, -0.2) is 0 Å². The van der Waals surface area contributed by atoms with Crippen molar-refractivity contribution in [1.82, 2.24) is 10.2 Å². The summed E-state index contributed by atoms with van der Waals surface area (Å²) in [5.41, 5.74) is -0.0673. The van der Waals surface area contributed by atoms with Gasteiger partial charge in [-0.15, -0.1) is 0 Å². The van der Waals surface area contributed by atoms with Gasteiger partial charge in [0.2, 0.25) is 0 Å². The van der Waals surface area contributed by atoms with Crippen molar-refractivity contribution < 1.29 is 5.11 Å². The molecule has 0 amide bonds. The monoisotopic (exact) mass is 228 g/mol. The molecule has 1 rings (SSSR count). The van der Waals surface area contributed by atoms with Gasteiger partial charge in [0.1, 0.15) is 0 Å². The molecule has 3 nitrogen and oxygen atoms in total. The van der Waals surface area contributed by atoms with E-state index in [1.807, 2.05) is 7.05 Å². The number of aliphatic hydroxyl groups excluding tert-OH is 1. The molecule has 0 aliphatic heterocycles. The topological polar surface area (TPSA) is 35.5 Å². The molecule has 96 valence electrons. The normalized spacial score (nSPS) is 22.1. The Bertz CT molecular complexity index is 200. The van der Waals surface area contributed by atoms with Gasteiger partial charge in [-0.1, -0.05) is 20.3 Å². The molecule has 0 radical (unpaired) electrons. The van der Waals surface area contributed by atoms with Crippen molar-refractivity contribution in [2.45, 2.75) is 38.6 Å². The Morgan fingerprint density at radius 2 is 2.12 bits per heavy atom. The molecule has 0 aromatic heterocycles. The van der Waals surface area contributed by atoms with Crippen molar-refractivity contribution in [3.63, 3.8) is 0 Å². The first-order valence-electron chi connectivity index (χ1n) is 6.56. The summed E-state index contributed by atoms with van der Waals surface area (Å²) in [6, 6.07) is 0. The van der Waals surface area contributed by atoms with E-state index in [2.05, 4.69) is 31.1 Å². The first kappa shape index (κ1) is 13.9. The van der Waals surface area contributed by atoms with Gasteiger partial charge in [0.25, 0.3) is 0 Å². The fourth-order valence-corrected chi connectivity index (χ4v) is 2.51. The van der Waals surface area contributed by atoms with Gasteiger partial charge < -0.3 is 15.3 Å². The molecule has 1 aliphatic rings. The van der Waals surface area contributed by atoms with Crippen LogP contribution in [-0.4, -0.2) is 49.3 Å². The van der Waals surface area contributed by atoms with Crippen LogP contribution >= 0.6 is 0 Å². The summed E-state index contributed by atoms with van der Waals surface area (Å²) < 4.78 is 0. The lowest BCUT2D eigenvalue weighted by Gasteiger charge is -2.36. The van der Waals surface area contributed by atoms with Gasteiger partial charge in [-0.2, -0.15) is 0 Å². The highest BCUT2D eigenvalue weighted by Crippen LogP contribution is 2.39. The summed E-state index contributed by atoms with van der Waals surface area (Å²) in [7, 11) is 4.14. The zero-order valence-corrected chi connectivity index (χ0v) is 11.3. The Hall–Kier alpha value is -0.120. The number of rotatable bonds is 8. The van der Waals surface area contributed by atoms with Crippen molar-refractivity contribution in [3.8, 4) is 0 Å². The molecule has 1 aliphatic carbocycles. The number of hydrogen-bond acceptors (Lipinski definition) is 3. The number of nitrogens with zero attached hydrogens (tertiary/aromatic N) is 1. The zero-order valence-electron chi connectivity index (χ0n) is 11.3. The van der Waals surface area contributed by atoms with Crippen LogP contribution in [0.2, 0.25) is 0 Å². The third-order valence-corrected chi connectivity index (χ3v) is 4.01. The maximum Gasteiger partial charge on any atom is 0.0628 e. The van der Waals surface area contributed by atoms with E-state index in [1.165, 1.54) is 19.3 Å². The molecule has 1 saturated carbocycles. The Morgan fingerprint density at radius 3 is 2.50 bits per heavy atom. The minimum Gasteiger partial charge on any atom is -0.394 e. The first-order valence-corrected chi connectivity index (χ1v) is 6.56. The Morgan fingerprint density at radius 1 is 1.50 bits per heavy atom. The third kappa shape index (κ3) is 3.44. The highest BCUT2D eigenvalue weighted by molar-refractivity contribution is 5.01. The smallest absolute Gasteiger partial charge is 0.0628 e. The van der Waals surface area contributed by atoms with Crippen LogP contribution in [-0.2, 0) is 0 Å². The summed E-state index contributed by atoms with van der Waals surface area (Å²) in [6.07, 6.45) is 3.75. The molecule has 2 unspecified atom stereocenters. The molecule has 0 saturated heterocycles. The lowest BCUT2D eigenvalue weighted by atomic mass is 9.93. The molecule has 16 heavy (non-hydrogen) atoms. The lowest BCUT2D eigenvalue weighted by Crippen LogP contribution is -2.56. The van der Waals surface area contributed by atoms with E-state index in [0.29, 0.717) is 5.92 Å². The van der Waals surface area contributed by atoms with E-state index in [0.717, 1.165) is 19.0 Å². The number of nitrogens with one attached hydrogen (secondary N) is 1. The summed E-state index contributed by atoms with van der Waals surface area (Å²) >= 11 is 0. The van der Waals surface area contributed by atoms with Crippen LogP contribution < -0.4 is 5.32 Å². The van der Waals surface area contributed by atoms with Gasteiger partial charge in [-0.3, -0.25) is 0 Å². The lowest BCUT2D eigenvalue weighted by molar-refractivity contribution is 0.102. The van der Waals surface area contributed by atoms with Gasteiger partial charge >= 0.3 is 0 Å². The van der Waals surface area contributed by atoms with Crippen LogP contribution in [0.5, 0.6) is 0 Å². The second-order valence-corrected chi connectivity index (χ2v) is 5.55. The first-order chi connectivity index (χ1) is 7.57. The van der Waals surface area contributed by atoms with E-state index in [4.69, 9.17) is 0 Å². The molecular formula is C13H28N2O. The van der Waals surface area contributed by atoms with Crippen molar-refractivity contribution in [3.05, 3.63) is 0 Å². The molecule has 2 N–H and O–H groups in total. The fourth-order valence-electron chi connectivity index (χ4n) is 2.51. The molecular weight excluding hydrogens is 200 g/mol. The molecule has 1 fully saturated rings. The highest BCUT2D eigenvalue weighted by atomic mass is 16.3. The van der Waals surface area contributed by atoms with Crippen molar-refractivity contribution in [1.29, 1.82) is 0 Å². The van der Waals surface area contributed by atoms with Crippen LogP contribution in [0.1, 0.15) is 33.1 Å². The predicted octanol–water partition coefficient (Wildman–Crippen LogP) is 1.32. The predicted molar refractivity (Wildman–Crippen MR) is 68.6 cm³/mol. The van der Waals surface area contributed by atoms with Crippen LogP contribution in [0.3, 0.4) is 0 Å². The van der Waals surface area contributed by atoms with E-state index >= 15 is 0 Å². The minimum atomic E-state index is -0.0673. The third-order valence-electron chi connectivity index (χ3n) is 4.01. The largest absolute Gasteiger partial charge is 0.394 e. The molecule has 2 atom stereocenters. The Kier molecular flexibility index (Phi) is 5.22. The van der Waals surface area contributed by atoms with E-state index < -0.39 is 0 Å². The molecule has 3 heteroatoms. The average molecular weight is 228 g/mol. The summed E-state index contributed by atoms with van der Waals surface area (Å²) in [5, 5.41) is 13.0. The standard InChI is InChI=1S/C13H28N2O/c1-5-11(2)8-15(4)9-13(10-16,14-3)12-6-7-12/h11-12,14,16H,5-10H2,1-4H3. The van der Waals surface area contributed by atoms with Crippen LogP contribution in [0.4, 0.5) is 0 Å². The van der Waals surface area contributed by atoms with Crippen LogP contribution in [0.15, 0.2) is 0 Å². The summed E-state index contributed by atoms with van der Waals surface area (Å²) in [5.74, 6) is 1.40. The average Bonchev–Trinajstić information content (AvgIpc) is 3.10. The van der Waals surface area contributed by atoms with E-state index in [9.17, 15) is 5.11 Å². The van der Waals surface area contributed by atoms with E-state index in [1.54, 1.807) is 0 Å². The highest BCUT2D eigenvalue weighted by Gasteiger charge is 2.44. The van der Waals surface area contributed by atoms with Gasteiger partial charge in [0, 0.05) is 13.1 Å². The maximum absolute atomic E-state index is 9.64. The molecule has 0 aromatic rings. The number of likely N-dealkylation sites (N-methyl/N-ethyl adjacent to an activating group) is 2. The van der Waals surface area contributed by atoms with Gasteiger partial charge in [0.15, 0.2) is 0 Å². The molecule has 0 aromatic carbocycles. The number of aliphatic hydroxyl groups is 1. The second kappa shape index (κ2) is 5.99. The quantitative estimate of drug-likeness (QED) is 0.658. The van der Waals surface area contributed by atoms with Crippen LogP contribution in [0.25, 0.3) is 0 Å². The second-order valence-electron chi connectivity index (χ2n) is 5.55. The minimum absolute atomic E-state index is 0.0673. The van der Waals surface area contributed by atoms with E-state index in [-0.39, 0.29) is 12.1 Å². The van der Waals surface area contributed by atoms with Crippen molar-refractivity contribution >= 4 is 0 Å². The summed E-state index contributed by atoms with van der Waals surface area (Å²) in [6.45, 7) is 6.84. The van der Waals surface area contributed by atoms with Gasteiger partial charge in [0.05, 0.1) is 12.1 Å². The Balaban J connectivity index is 2.47. The van der Waals surface area contributed by atoms with Crippen molar-refractivity contribution in [2.75, 3.05) is 33.8 Å². The molecule has 0 heterocycles. The Labute approximate surface area is 100 Å². The zero-order chi connectivity index (χ0) is 12.2. The van der Waals surface area contributed by atoms with Crippen molar-refractivity contribution in [2.24, 2.45) is 11.8 Å². The fraction of sp³-hybridized carbons (Fsp3) is 1.00. The summed E-state index contributed by atoms with van der Waals surface area (Å²) in [4.78, 5) is 2.36. The number of hydrogen-bond donors (Lipinski definition) is 2. The SMILES string of the molecule is CCC(C)CN(C)CC(CO)(NC)C1CC1. The van der Waals surface area contributed by atoms with Gasteiger partial charge in [-0.05, 0) is 38.8 Å².